The standard InChI is InChI=1S/C45H74N16O14S/c1-23(2)36(48)43(73)59-27(13-14-32(47)63)38(68)53-20-35(66)56-30(21-62)41(71)61-29(44(74)75)18-33(64)57-31(22-76)42(72)60-28(17-24-9-4-3-5-10-24)39(69)54-19-34(65)55-26(12-8-16-52-45(50)51)40(70)58-25(37(49)67)11-6-7-15-46/h3-5,9-10,23,25-31,36,62,76H,6-8,11-22,46,48H2,1-2H3,(H2,47,63)(H2,49,67)(H,53,68)(H,54,69)(H,55,65)(H,56,66)(H,57,64)(H,58,70)(H,59,73)(H,60,72)(H,61,71)(H,74,75)(H4,50,51,52)/t25-,26-,27-,28-,29-,30-,31-,36-/m0/s1. The number of aliphatic carboxylic acids is 1. The molecule has 76 heavy (non-hydrogen) atoms. The molecule has 0 aromatic heterocycles. The van der Waals surface area contributed by atoms with Crippen molar-refractivity contribution in [3.05, 3.63) is 35.9 Å². The molecule has 8 atom stereocenters. The van der Waals surface area contributed by atoms with Gasteiger partial charge in [0, 0.05) is 25.1 Å². The zero-order valence-corrected chi connectivity index (χ0v) is 43.2. The third-order valence-electron chi connectivity index (χ3n) is 11.0. The van der Waals surface area contributed by atoms with Gasteiger partial charge in [-0.2, -0.15) is 12.6 Å². The Labute approximate surface area is 443 Å². The van der Waals surface area contributed by atoms with E-state index in [0.717, 1.165) is 0 Å². The second-order valence-electron chi connectivity index (χ2n) is 17.5. The molecule has 0 unspecified atom stereocenters. The Morgan fingerprint density at radius 2 is 1.09 bits per heavy atom. The van der Waals surface area contributed by atoms with Gasteiger partial charge in [-0.25, -0.2) is 4.79 Å². The number of hydrogen-bond donors (Lipinski definition) is 18. The average Bonchev–Trinajstić information content (AvgIpc) is 3.36. The number of nitrogens with one attached hydrogen (secondary N) is 9. The fourth-order valence-electron chi connectivity index (χ4n) is 6.65. The number of carbonyl (C=O) groups is 12. The molecule has 1 aromatic carbocycles. The molecule has 424 valence electrons. The monoisotopic (exact) mass is 1090 g/mol. The van der Waals surface area contributed by atoms with Gasteiger partial charge in [-0.15, -0.1) is 0 Å². The number of carboxylic acids is 1. The number of nitrogens with zero attached hydrogens (tertiary/aromatic N) is 1. The topological polar surface area (TPSA) is 522 Å². The lowest BCUT2D eigenvalue weighted by Crippen LogP contribution is -2.58. The second-order valence-corrected chi connectivity index (χ2v) is 17.9. The van der Waals surface area contributed by atoms with Crippen LogP contribution >= 0.6 is 12.6 Å². The van der Waals surface area contributed by atoms with Crippen molar-refractivity contribution in [1.29, 1.82) is 0 Å². The molecule has 30 nitrogen and oxygen atoms in total. The molecule has 0 radical (unpaired) electrons. The summed E-state index contributed by atoms with van der Waals surface area (Å²) in [6.07, 6.45) is -0.317. The van der Waals surface area contributed by atoms with Crippen LogP contribution in [0.3, 0.4) is 0 Å². The molecule has 0 aliphatic rings. The number of carbonyl (C=O) groups excluding carboxylic acids is 11. The number of rotatable bonds is 37. The highest BCUT2D eigenvalue weighted by atomic mass is 32.1. The summed E-state index contributed by atoms with van der Waals surface area (Å²) in [6.45, 7) is 1.11. The molecule has 0 aliphatic heterocycles. The van der Waals surface area contributed by atoms with Crippen LogP contribution in [0, 0.1) is 5.92 Å². The number of guanidine groups is 1. The van der Waals surface area contributed by atoms with Gasteiger partial charge >= 0.3 is 5.97 Å². The number of amides is 11. The van der Waals surface area contributed by atoms with Crippen LogP contribution in [-0.4, -0.2) is 174 Å². The Morgan fingerprint density at radius 1 is 0.592 bits per heavy atom. The molecular weight excluding hydrogens is 1020 g/mol. The Balaban J connectivity index is 3.08. The number of unbranched alkanes of at least 4 members (excludes halogenated alkanes) is 1. The summed E-state index contributed by atoms with van der Waals surface area (Å²) in [7, 11) is 0. The lowest BCUT2D eigenvalue weighted by molar-refractivity contribution is -0.144. The summed E-state index contributed by atoms with van der Waals surface area (Å²) in [4.78, 5) is 158. The Bertz CT molecular complexity index is 2190. The largest absolute Gasteiger partial charge is 0.480 e. The van der Waals surface area contributed by atoms with Gasteiger partial charge in [0.1, 0.15) is 42.3 Å². The quantitative estimate of drug-likeness (QED) is 0.0127. The molecule has 23 N–H and O–H groups in total. The van der Waals surface area contributed by atoms with E-state index < -0.39 is 151 Å². The van der Waals surface area contributed by atoms with Crippen LogP contribution in [-0.2, 0) is 64.0 Å². The number of thiol groups is 1. The third kappa shape index (κ3) is 26.5. The maximum Gasteiger partial charge on any atom is 0.326 e. The highest BCUT2D eigenvalue weighted by molar-refractivity contribution is 7.80. The first kappa shape index (κ1) is 66.4. The molecule has 0 spiro atoms. The van der Waals surface area contributed by atoms with Crippen molar-refractivity contribution in [1.82, 2.24) is 47.9 Å². The van der Waals surface area contributed by atoms with E-state index in [9.17, 15) is 67.7 Å². The lowest BCUT2D eigenvalue weighted by Gasteiger charge is -2.24. The molecule has 0 saturated carbocycles. The normalized spacial score (nSPS) is 14.0. The summed E-state index contributed by atoms with van der Waals surface area (Å²) < 4.78 is 0. The smallest absolute Gasteiger partial charge is 0.326 e. The Morgan fingerprint density at radius 3 is 1.62 bits per heavy atom. The number of primary amides is 2. The lowest BCUT2D eigenvalue weighted by atomic mass is 10.0. The number of aliphatic hydroxyl groups excluding tert-OH is 1. The SMILES string of the molecule is CC(C)[C@H](N)C(=O)N[C@@H](CCC(N)=O)C(=O)NCC(=O)N[C@@H](CO)C(=O)N[C@@H](CC(=O)N[C@@H](CS)C(=O)N[C@@H](Cc1ccccc1)C(=O)NCC(=O)N[C@@H](CCCN=C(N)N)C(=O)N[C@@H](CCCCN)C(N)=O)C(=O)O. The predicted octanol–water partition coefficient (Wildman–Crippen LogP) is -7.83. The van der Waals surface area contributed by atoms with Gasteiger partial charge in [-0.05, 0) is 56.6 Å². The summed E-state index contributed by atoms with van der Waals surface area (Å²) in [5.41, 5.74) is 33.4. The molecule has 0 heterocycles. The molecule has 11 amide bonds. The molecule has 31 heteroatoms. The van der Waals surface area contributed by atoms with Gasteiger partial charge in [0.2, 0.25) is 65.0 Å². The van der Waals surface area contributed by atoms with Crippen molar-refractivity contribution in [2.24, 2.45) is 45.3 Å². The highest BCUT2D eigenvalue weighted by Crippen LogP contribution is 2.08. The zero-order chi connectivity index (χ0) is 57.5. The summed E-state index contributed by atoms with van der Waals surface area (Å²) >= 11 is 4.13. The Hall–Kier alpha value is -7.64. The summed E-state index contributed by atoms with van der Waals surface area (Å²) in [5.74, 6) is -12.9. The van der Waals surface area contributed by atoms with Gasteiger partial charge < -0.3 is 92.5 Å². The van der Waals surface area contributed by atoms with E-state index in [0.29, 0.717) is 24.9 Å². The number of nitrogens with two attached hydrogens (primary N) is 6. The average molecular weight is 1100 g/mol. The van der Waals surface area contributed by atoms with Crippen LogP contribution < -0.4 is 82.3 Å². The highest BCUT2D eigenvalue weighted by Gasteiger charge is 2.33. The first-order valence-electron chi connectivity index (χ1n) is 24.1. The summed E-state index contributed by atoms with van der Waals surface area (Å²) in [5, 5.41) is 40.6. The van der Waals surface area contributed by atoms with E-state index in [4.69, 9.17) is 34.4 Å². The minimum absolute atomic E-state index is 0.00655. The van der Waals surface area contributed by atoms with Crippen molar-refractivity contribution >= 4 is 89.5 Å². The van der Waals surface area contributed by atoms with Gasteiger partial charge in [0.15, 0.2) is 5.96 Å². The number of hydrogen-bond acceptors (Lipinski definition) is 17. The number of aliphatic hydroxyl groups is 1. The minimum Gasteiger partial charge on any atom is -0.480 e. The van der Waals surface area contributed by atoms with E-state index in [1.54, 1.807) is 44.2 Å². The van der Waals surface area contributed by atoms with Gasteiger partial charge in [0.05, 0.1) is 32.2 Å². The van der Waals surface area contributed by atoms with E-state index >= 15 is 0 Å². The molecule has 1 rings (SSSR count). The number of carboxylic acid groups (broad SMARTS) is 1. The van der Waals surface area contributed by atoms with Gasteiger partial charge in [0.25, 0.3) is 0 Å². The number of benzene rings is 1. The molecular formula is C45H74N16O14S. The molecule has 0 saturated heterocycles. The van der Waals surface area contributed by atoms with Gasteiger partial charge in [-0.1, -0.05) is 44.2 Å². The van der Waals surface area contributed by atoms with Crippen LogP contribution in [0.15, 0.2) is 35.3 Å². The van der Waals surface area contributed by atoms with Crippen molar-refractivity contribution in [3.63, 3.8) is 0 Å². The maximum absolute atomic E-state index is 13.7. The van der Waals surface area contributed by atoms with E-state index in [1.165, 1.54) is 0 Å². The van der Waals surface area contributed by atoms with E-state index in [1.807, 2.05) is 5.32 Å². The van der Waals surface area contributed by atoms with Crippen molar-refractivity contribution in [2.75, 3.05) is 38.5 Å². The fraction of sp³-hybridized carbons (Fsp3) is 0.578. The van der Waals surface area contributed by atoms with Gasteiger partial charge in [-0.3, -0.25) is 57.7 Å². The summed E-state index contributed by atoms with van der Waals surface area (Å²) in [6, 6.07) is -3.15. The van der Waals surface area contributed by atoms with E-state index in [-0.39, 0.29) is 56.9 Å². The van der Waals surface area contributed by atoms with Crippen LogP contribution in [0.5, 0.6) is 0 Å². The molecule has 0 fully saturated rings. The fourth-order valence-corrected chi connectivity index (χ4v) is 6.91. The van der Waals surface area contributed by atoms with Crippen molar-refractivity contribution in [2.45, 2.75) is 120 Å². The van der Waals surface area contributed by atoms with E-state index in [2.05, 4.69) is 60.2 Å². The zero-order valence-electron chi connectivity index (χ0n) is 42.3. The maximum atomic E-state index is 13.7. The predicted molar refractivity (Wildman–Crippen MR) is 276 cm³/mol. The number of aliphatic imine (C=N–C) groups is 1. The first-order valence-corrected chi connectivity index (χ1v) is 24.7. The van der Waals surface area contributed by atoms with Crippen LogP contribution in [0.25, 0.3) is 0 Å². The van der Waals surface area contributed by atoms with Crippen molar-refractivity contribution in [3.8, 4) is 0 Å². The first-order chi connectivity index (χ1) is 35.8. The molecule has 0 bridgehead atoms. The van der Waals surface area contributed by atoms with Crippen molar-refractivity contribution < 1.29 is 67.7 Å². The third-order valence-corrected chi connectivity index (χ3v) is 11.3. The Kier molecular flexibility index (Phi) is 31.0. The second kappa shape index (κ2) is 35.5. The molecule has 1 aromatic rings. The van der Waals surface area contributed by atoms with Crippen LogP contribution in [0.1, 0.15) is 70.8 Å². The van der Waals surface area contributed by atoms with Crippen LogP contribution in [0.4, 0.5) is 0 Å². The molecule has 0 aliphatic carbocycles. The minimum atomic E-state index is -2.01. The van der Waals surface area contributed by atoms with Crippen LogP contribution in [0.2, 0.25) is 0 Å².